The van der Waals surface area contributed by atoms with Crippen LogP contribution < -0.4 is 0 Å². The molecule has 0 aliphatic carbocycles. The first-order valence-electron chi connectivity index (χ1n) is 10.4. The third-order valence-corrected chi connectivity index (χ3v) is 7.45. The predicted octanol–water partition coefficient (Wildman–Crippen LogP) is 3.83. The average Bonchev–Trinajstić information content (AvgIpc) is 2.82. The smallest absolute Gasteiger partial charge is 0.269 e. The van der Waals surface area contributed by atoms with E-state index in [9.17, 15) is 23.3 Å². The summed E-state index contributed by atoms with van der Waals surface area (Å²) >= 11 is 0. The zero-order valence-corrected chi connectivity index (χ0v) is 18.9. The minimum absolute atomic E-state index is 0.0164. The van der Waals surface area contributed by atoms with Crippen LogP contribution in [0, 0.1) is 16.0 Å². The Morgan fingerprint density at radius 2 is 1.81 bits per heavy atom. The van der Waals surface area contributed by atoms with Gasteiger partial charge in [0, 0.05) is 43.6 Å². The van der Waals surface area contributed by atoms with E-state index in [0.717, 1.165) is 5.56 Å². The molecular formula is C23H27N3O5S. The van der Waals surface area contributed by atoms with Crippen molar-refractivity contribution >= 4 is 27.7 Å². The number of piperidine rings is 1. The maximum Gasteiger partial charge on any atom is 0.269 e. The van der Waals surface area contributed by atoms with Crippen molar-refractivity contribution in [3.63, 3.8) is 0 Å². The standard InChI is InChI=1S/C23H27N3O5S/c1-18(21-9-6-10-22(17-21)26(28)29)24(2)23(27)20-11-14-25(15-12-20)32(30,31)16-13-19-7-4-3-5-8-19/h3-10,13,16-18,20H,11-12,14-15H2,1-2H3/b16-13+. The summed E-state index contributed by atoms with van der Waals surface area (Å²) in [6.07, 6.45) is 2.44. The van der Waals surface area contributed by atoms with Gasteiger partial charge in [-0.15, -0.1) is 0 Å². The molecule has 1 unspecified atom stereocenters. The fourth-order valence-corrected chi connectivity index (χ4v) is 4.99. The SMILES string of the molecule is CC(c1cccc([N+](=O)[O-])c1)N(C)C(=O)C1CCN(S(=O)(=O)/C=C/c2ccccc2)CC1. The highest BCUT2D eigenvalue weighted by Gasteiger charge is 2.32. The van der Waals surface area contributed by atoms with E-state index in [1.54, 1.807) is 30.2 Å². The highest BCUT2D eigenvalue weighted by atomic mass is 32.2. The lowest BCUT2D eigenvalue weighted by atomic mass is 9.95. The second kappa shape index (κ2) is 10.1. The van der Waals surface area contributed by atoms with Crippen molar-refractivity contribution in [1.82, 2.24) is 9.21 Å². The molecule has 170 valence electrons. The van der Waals surface area contributed by atoms with Gasteiger partial charge in [0.15, 0.2) is 0 Å². The Balaban J connectivity index is 1.60. The molecule has 1 aliphatic heterocycles. The molecule has 1 aliphatic rings. The lowest BCUT2D eigenvalue weighted by Crippen LogP contribution is -2.43. The summed E-state index contributed by atoms with van der Waals surface area (Å²) in [6.45, 7) is 2.37. The topological polar surface area (TPSA) is 101 Å². The third-order valence-electron chi connectivity index (χ3n) is 5.89. The summed E-state index contributed by atoms with van der Waals surface area (Å²) in [5.41, 5.74) is 1.47. The summed E-state index contributed by atoms with van der Waals surface area (Å²) in [5, 5.41) is 12.2. The molecule has 1 amide bonds. The zero-order valence-electron chi connectivity index (χ0n) is 18.1. The molecule has 1 heterocycles. The van der Waals surface area contributed by atoms with Gasteiger partial charge in [0.1, 0.15) is 0 Å². The van der Waals surface area contributed by atoms with Gasteiger partial charge in [0.25, 0.3) is 5.69 Å². The average molecular weight is 458 g/mol. The number of hydrogen-bond acceptors (Lipinski definition) is 5. The van der Waals surface area contributed by atoms with E-state index >= 15 is 0 Å². The quantitative estimate of drug-likeness (QED) is 0.465. The molecule has 1 fully saturated rings. The minimum Gasteiger partial charge on any atom is -0.339 e. The zero-order chi connectivity index (χ0) is 23.3. The Labute approximate surface area is 188 Å². The van der Waals surface area contributed by atoms with Gasteiger partial charge in [-0.25, -0.2) is 8.42 Å². The number of sulfonamides is 1. The van der Waals surface area contributed by atoms with E-state index in [0.29, 0.717) is 18.4 Å². The molecule has 0 N–H and O–H groups in total. The Bertz CT molecular complexity index is 1090. The van der Waals surface area contributed by atoms with E-state index in [4.69, 9.17) is 0 Å². The van der Waals surface area contributed by atoms with Gasteiger partial charge < -0.3 is 4.90 Å². The number of hydrogen-bond donors (Lipinski definition) is 0. The molecule has 0 radical (unpaired) electrons. The van der Waals surface area contributed by atoms with Gasteiger partial charge >= 0.3 is 0 Å². The van der Waals surface area contributed by atoms with Gasteiger partial charge in [0.05, 0.1) is 11.0 Å². The van der Waals surface area contributed by atoms with Crippen LogP contribution in [0.4, 0.5) is 5.69 Å². The first-order chi connectivity index (χ1) is 15.2. The summed E-state index contributed by atoms with van der Waals surface area (Å²) in [4.78, 5) is 25.2. The monoisotopic (exact) mass is 457 g/mol. The Morgan fingerprint density at radius 3 is 2.44 bits per heavy atom. The van der Waals surface area contributed by atoms with Crippen molar-refractivity contribution < 1.29 is 18.1 Å². The van der Waals surface area contributed by atoms with Crippen molar-refractivity contribution in [1.29, 1.82) is 0 Å². The lowest BCUT2D eigenvalue weighted by Gasteiger charge is -2.34. The molecule has 0 aromatic heterocycles. The molecular weight excluding hydrogens is 430 g/mol. The van der Waals surface area contributed by atoms with Crippen LogP contribution in [0.5, 0.6) is 0 Å². The maximum absolute atomic E-state index is 13.0. The van der Waals surface area contributed by atoms with Crippen LogP contribution in [0.25, 0.3) is 6.08 Å². The second-order valence-electron chi connectivity index (χ2n) is 7.91. The molecule has 2 aromatic rings. The number of nitro benzene ring substituents is 1. The second-order valence-corrected chi connectivity index (χ2v) is 9.73. The molecule has 32 heavy (non-hydrogen) atoms. The molecule has 1 saturated heterocycles. The Morgan fingerprint density at radius 1 is 1.16 bits per heavy atom. The molecule has 3 rings (SSSR count). The number of amides is 1. The highest BCUT2D eigenvalue weighted by molar-refractivity contribution is 7.92. The van der Waals surface area contributed by atoms with E-state index in [1.165, 1.54) is 21.8 Å². The number of rotatable bonds is 7. The van der Waals surface area contributed by atoms with Crippen LogP contribution in [0.2, 0.25) is 0 Å². The molecule has 0 saturated carbocycles. The first kappa shape index (κ1) is 23.6. The predicted molar refractivity (Wildman–Crippen MR) is 123 cm³/mol. The number of benzene rings is 2. The van der Waals surface area contributed by atoms with Crippen molar-refractivity contribution in [3.05, 3.63) is 81.2 Å². The number of nitro groups is 1. The largest absolute Gasteiger partial charge is 0.339 e. The molecule has 9 heteroatoms. The summed E-state index contributed by atoms with van der Waals surface area (Å²) < 4.78 is 26.7. The van der Waals surface area contributed by atoms with E-state index in [2.05, 4.69) is 0 Å². The molecule has 0 bridgehead atoms. The third kappa shape index (κ3) is 5.60. The van der Waals surface area contributed by atoms with Crippen LogP contribution in [-0.4, -0.2) is 48.6 Å². The number of nitrogens with zero attached hydrogens (tertiary/aromatic N) is 3. The summed E-state index contributed by atoms with van der Waals surface area (Å²) in [6, 6.07) is 15.1. The molecule has 1 atom stereocenters. The maximum atomic E-state index is 13.0. The Hall–Kier alpha value is -3.04. The number of carbonyl (C=O) groups excluding carboxylic acids is 1. The normalized spacial score (nSPS) is 16.7. The van der Waals surface area contributed by atoms with Gasteiger partial charge in [-0.3, -0.25) is 14.9 Å². The van der Waals surface area contributed by atoms with Crippen molar-refractivity contribution in [3.8, 4) is 0 Å². The Kier molecular flexibility index (Phi) is 7.42. The molecule has 0 spiro atoms. The van der Waals surface area contributed by atoms with Crippen LogP contribution in [0.3, 0.4) is 0 Å². The summed E-state index contributed by atoms with van der Waals surface area (Å²) in [7, 11) is -1.88. The lowest BCUT2D eigenvalue weighted by molar-refractivity contribution is -0.384. The van der Waals surface area contributed by atoms with Gasteiger partial charge in [0.2, 0.25) is 15.9 Å². The van der Waals surface area contributed by atoms with Crippen LogP contribution in [0.1, 0.15) is 36.9 Å². The number of carbonyl (C=O) groups is 1. The fraction of sp³-hybridized carbons (Fsp3) is 0.348. The van der Waals surface area contributed by atoms with Gasteiger partial charge in [-0.1, -0.05) is 42.5 Å². The fourth-order valence-electron chi connectivity index (χ4n) is 3.77. The van der Waals surface area contributed by atoms with Gasteiger partial charge in [-0.2, -0.15) is 4.31 Å². The number of non-ortho nitro benzene ring substituents is 1. The van der Waals surface area contributed by atoms with Crippen molar-refractivity contribution in [2.24, 2.45) is 5.92 Å². The molecule has 2 aromatic carbocycles. The first-order valence-corrected chi connectivity index (χ1v) is 11.9. The summed E-state index contributed by atoms with van der Waals surface area (Å²) in [5.74, 6) is -0.369. The van der Waals surface area contributed by atoms with Crippen LogP contribution >= 0.6 is 0 Å². The van der Waals surface area contributed by atoms with Gasteiger partial charge in [-0.05, 0) is 37.0 Å². The van der Waals surface area contributed by atoms with E-state index < -0.39 is 14.9 Å². The van der Waals surface area contributed by atoms with E-state index in [-0.39, 0.29) is 36.6 Å². The van der Waals surface area contributed by atoms with Crippen LogP contribution in [-0.2, 0) is 14.8 Å². The van der Waals surface area contributed by atoms with Crippen molar-refractivity contribution in [2.45, 2.75) is 25.8 Å². The van der Waals surface area contributed by atoms with E-state index in [1.807, 2.05) is 37.3 Å². The highest BCUT2D eigenvalue weighted by Crippen LogP contribution is 2.28. The van der Waals surface area contributed by atoms with Crippen molar-refractivity contribution in [2.75, 3.05) is 20.1 Å². The molecule has 8 nitrogen and oxygen atoms in total. The van der Waals surface area contributed by atoms with Crippen LogP contribution in [0.15, 0.2) is 60.0 Å². The minimum atomic E-state index is -3.56.